The van der Waals surface area contributed by atoms with Crippen molar-refractivity contribution in [2.24, 2.45) is 7.05 Å². The lowest BCUT2D eigenvalue weighted by atomic mass is 10.1. The highest BCUT2D eigenvalue weighted by atomic mass is 19.4. The topological polar surface area (TPSA) is 73.0 Å². The Morgan fingerprint density at radius 1 is 1.17 bits per heavy atom. The average Bonchev–Trinajstić information content (AvgIpc) is 3.33. The maximum absolute atomic E-state index is 12.7. The third-order valence-electron chi connectivity index (χ3n) is 4.68. The molecule has 4 aromatic rings. The van der Waals surface area contributed by atoms with Crippen molar-refractivity contribution in [3.05, 3.63) is 71.5 Å². The predicted molar refractivity (Wildman–Crippen MR) is 104 cm³/mol. The molecule has 0 aliphatic carbocycles. The van der Waals surface area contributed by atoms with Crippen LogP contribution in [-0.4, -0.2) is 20.7 Å². The molecule has 0 saturated carbocycles. The average molecular weight is 414 g/mol. The fourth-order valence-corrected chi connectivity index (χ4v) is 3.02. The van der Waals surface area contributed by atoms with Gasteiger partial charge in [0.25, 0.3) is 5.91 Å². The van der Waals surface area contributed by atoms with Crippen LogP contribution in [0.15, 0.2) is 59.3 Å². The molecule has 30 heavy (non-hydrogen) atoms. The lowest BCUT2D eigenvalue weighted by molar-refractivity contribution is -0.137. The molecule has 2 heterocycles. The molecule has 2 aromatic carbocycles. The fraction of sp³-hybridized carbons (Fsp3) is 0.190. The normalized spacial score (nSPS) is 12.8. The fourth-order valence-electron chi connectivity index (χ4n) is 3.02. The molecule has 6 nitrogen and oxygen atoms in total. The number of aryl methyl sites for hydroxylation is 1. The zero-order valence-corrected chi connectivity index (χ0v) is 16.1. The highest BCUT2D eigenvalue weighted by Crippen LogP contribution is 2.31. The first-order valence-electron chi connectivity index (χ1n) is 9.08. The molecule has 0 aliphatic rings. The maximum atomic E-state index is 12.7. The van der Waals surface area contributed by atoms with Crippen LogP contribution in [0.2, 0.25) is 0 Å². The first-order chi connectivity index (χ1) is 14.2. The highest BCUT2D eigenvalue weighted by Gasteiger charge is 2.30. The summed E-state index contributed by atoms with van der Waals surface area (Å²) in [5, 5.41) is 6.98. The minimum atomic E-state index is -4.41. The van der Waals surface area contributed by atoms with Crippen LogP contribution in [0.1, 0.15) is 34.5 Å². The quantitative estimate of drug-likeness (QED) is 0.524. The number of rotatable bonds is 4. The first kappa shape index (κ1) is 19.7. The van der Waals surface area contributed by atoms with Gasteiger partial charge in [-0.2, -0.15) is 18.3 Å². The Kier molecular flexibility index (Phi) is 4.81. The summed E-state index contributed by atoms with van der Waals surface area (Å²) < 4.78 is 45.5. The molecule has 154 valence electrons. The van der Waals surface area contributed by atoms with E-state index < -0.39 is 11.7 Å². The molecular weight excluding hydrogens is 397 g/mol. The third kappa shape index (κ3) is 3.91. The number of hydrogen-bond acceptors (Lipinski definition) is 4. The number of halogens is 3. The van der Waals surface area contributed by atoms with Gasteiger partial charge in [-0.1, -0.05) is 0 Å². The van der Waals surface area contributed by atoms with Gasteiger partial charge in [0.15, 0.2) is 5.58 Å². The number of alkyl halides is 3. The number of carbonyl (C=O) groups excluding carboxylic acids is 1. The van der Waals surface area contributed by atoms with Crippen LogP contribution in [-0.2, 0) is 13.2 Å². The molecule has 0 aliphatic heterocycles. The van der Waals surface area contributed by atoms with E-state index in [1.54, 1.807) is 36.1 Å². The second kappa shape index (κ2) is 7.33. The van der Waals surface area contributed by atoms with Crippen molar-refractivity contribution < 1.29 is 22.4 Å². The number of amides is 1. The monoisotopic (exact) mass is 414 g/mol. The molecule has 1 atom stereocenters. The Bertz CT molecular complexity index is 1210. The predicted octanol–water partition coefficient (Wildman–Crippen LogP) is 4.74. The summed E-state index contributed by atoms with van der Waals surface area (Å²) in [4.78, 5) is 16.9. The van der Waals surface area contributed by atoms with Gasteiger partial charge in [0.05, 0.1) is 17.8 Å². The van der Waals surface area contributed by atoms with Gasteiger partial charge < -0.3 is 9.73 Å². The van der Waals surface area contributed by atoms with Gasteiger partial charge in [0.1, 0.15) is 5.52 Å². The number of fused-ring (bicyclic) bond motifs is 1. The summed E-state index contributed by atoms with van der Waals surface area (Å²) in [7, 11) is 1.80. The van der Waals surface area contributed by atoms with Crippen molar-refractivity contribution in [2.75, 3.05) is 0 Å². The van der Waals surface area contributed by atoms with E-state index in [2.05, 4.69) is 15.4 Å². The lowest BCUT2D eigenvalue weighted by Crippen LogP contribution is -2.26. The van der Waals surface area contributed by atoms with Crippen LogP contribution >= 0.6 is 0 Å². The van der Waals surface area contributed by atoms with Crippen molar-refractivity contribution in [3.63, 3.8) is 0 Å². The summed E-state index contributed by atoms with van der Waals surface area (Å²) in [6.45, 7) is 1.85. The molecule has 0 radical (unpaired) electrons. The second-order valence-corrected chi connectivity index (χ2v) is 6.92. The molecule has 0 bridgehead atoms. The van der Waals surface area contributed by atoms with Gasteiger partial charge in [0.2, 0.25) is 5.89 Å². The largest absolute Gasteiger partial charge is 0.436 e. The zero-order chi connectivity index (χ0) is 21.5. The Morgan fingerprint density at radius 3 is 2.53 bits per heavy atom. The Hall–Kier alpha value is -3.62. The minimum Gasteiger partial charge on any atom is -0.436 e. The first-order valence-corrected chi connectivity index (χ1v) is 9.08. The van der Waals surface area contributed by atoms with E-state index in [1.165, 1.54) is 12.1 Å². The molecular formula is C21H17F3N4O2. The van der Waals surface area contributed by atoms with Gasteiger partial charge in [-0.25, -0.2) is 4.98 Å². The van der Waals surface area contributed by atoms with Gasteiger partial charge in [-0.15, -0.1) is 0 Å². The minimum absolute atomic E-state index is 0.181. The molecule has 2 aromatic heterocycles. The molecule has 0 spiro atoms. The zero-order valence-electron chi connectivity index (χ0n) is 16.1. The van der Waals surface area contributed by atoms with Crippen molar-refractivity contribution >= 4 is 17.0 Å². The van der Waals surface area contributed by atoms with Crippen LogP contribution < -0.4 is 5.32 Å². The summed E-state index contributed by atoms with van der Waals surface area (Å²) in [6.07, 6.45) is -0.904. The van der Waals surface area contributed by atoms with Crippen LogP contribution in [0.3, 0.4) is 0 Å². The van der Waals surface area contributed by atoms with Gasteiger partial charge in [-0.05, 0) is 49.4 Å². The van der Waals surface area contributed by atoms with Gasteiger partial charge in [-0.3, -0.25) is 9.48 Å². The molecule has 1 N–H and O–H groups in total. The standard InChI is InChI=1S/C21H17F3N4O2/c1-12(15-10-25-28(2)11-15)26-19(29)14-5-8-18-17(9-14)27-20(30-18)13-3-6-16(7-4-13)21(22,23)24/h3-12H,1-2H3,(H,26,29)/t12-/m0/s1. The van der Waals surface area contributed by atoms with Crippen LogP contribution in [0.25, 0.3) is 22.6 Å². The van der Waals surface area contributed by atoms with E-state index in [0.717, 1.165) is 17.7 Å². The number of nitrogens with one attached hydrogen (secondary N) is 1. The smallest absolute Gasteiger partial charge is 0.416 e. The Balaban J connectivity index is 1.55. The summed E-state index contributed by atoms with van der Waals surface area (Å²) in [5.41, 5.74) is 1.80. The van der Waals surface area contributed by atoms with Crippen molar-refractivity contribution in [2.45, 2.75) is 19.1 Å². The number of hydrogen-bond donors (Lipinski definition) is 1. The maximum Gasteiger partial charge on any atom is 0.416 e. The number of benzene rings is 2. The lowest BCUT2D eigenvalue weighted by Gasteiger charge is -2.11. The van der Waals surface area contributed by atoms with Crippen molar-refractivity contribution in [1.82, 2.24) is 20.1 Å². The highest BCUT2D eigenvalue weighted by molar-refractivity contribution is 5.97. The molecule has 0 fully saturated rings. The summed E-state index contributed by atoms with van der Waals surface area (Å²) in [6, 6.07) is 9.12. The molecule has 0 unspecified atom stereocenters. The molecule has 4 rings (SSSR count). The molecule has 0 saturated heterocycles. The van der Waals surface area contributed by atoms with E-state index in [1.807, 2.05) is 13.1 Å². The molecule has 9 heteroatoms. The SMILES string of the molecule is C[C@H](NC(=O)c1ccc2oc(-c3ccc(C(F)(F)F)cc3)nc2c1)c1cnn(C)c1. The van der Waals surface area contributed by atoms with Crippen molar-refractivity contribution in [3.8, 4) is 11.5 Å². The van der Waals surface area contributed by atoms with E-state index in [4.69, 9.17) is 4.42 Å². The van der Waals surface area contributed by atoms with Crippen LogP contribution in [0, 0.1) is 0 Å². The third-order valence-corrected chi connectivity index (χ3v) is 4.68. The van der Waals surface area contributed by atoms with E-state index in [0.29, 0.717) is 22.2 Å². The number of carbonyl (C=O) groups is 1. The van der Waals surface area contributed by atoms with Gasteiger partial charge in [0, 0.05) is 29.9 Å². The van der Waals surface area contributed by atoms with Crippen LogP contribution in [0.5, 0.6) is 0 Å². The Morgan fingerprint density at radius 2 is 1.90 bits per heavy atom. The number of oxazole rings is 1. The molecule has 1 amide bonds. The van der Waals surface area contributed by atoms with E-state index >= 15 is 0 Å². The van der Waals surface area contributed by atoms with E-state index in [9.17, 15) is 18.0 Å². The van der Waals surface area contributed by atoms with Crippen LogP contribution in [0.4, 0.5) is 13.2 Å². The second-order valence-electron chi connectivity index (χ2n) is 6.92. The van der Waals surface area contributed by atoms with Crippen molar-refractivity contribution in [1.29, 1.82) is 0 Å². The van der Waals surface area contributed by atoms with E-state index in [-0.39, 0.29) is 17.8 Å². The number of nitrogens with zero attached hydrogens (tertiary/aromatic N) is 3. The summed E-state index contributed by atoms with van der Waals surface area (Å²) in [5.74, 6) is -0.104. The number of aromatic nitrogens is 3. The van der Waals surface area contributed by atoms with Gasteiger partial charge >= 0.3 is 6.18 Å². The summed E-state index contributed by atoms with van der Waals surface area (Å²) >= 11 is 0. The Labute approximate surface area is 169 Å².